The van der Waals surface area contributed by atoms with Crippen molar-refractivity contribution in [2.24, 2.45) is 28.7 Å². The summed E-state index contributed by atoms with van der Waals surface area (Å²) in [5.41, 5.74) is 29.2. The Morgan fingerprint density at radius 1 is 0.376 bits per heavy atom. The van der Waals surface area contributed by atoms with E-state index in [0.717, 1.165) is 64.2 Å². The summed E-state index contributed by atoms with van der Waals surface area (Å²) in [6.07, 6.45) is 13.5. The summed E-state index contributed by atoms with van der Waals surface area (Å²) in [7, 11) is 9.01. The van der Waals surface area contributed by atoms with Gasteiger partial charge in [0.1, 0.15) is 34.5 Å². The number of likely N-dealkylation sites (N-methyl/N-ethyl adjacent to an activating group) is 2. The van der Waals surface area contributed by atoms with Gasteiger partial charge in [-0.1, -0.05) is 0 Å². The summed E-state index contributed by atoms with van der Waals surface area (Å²) in [6, 6.07) is 7.82. The van der Waals surface area contributed by atoms with Gasteiger partial charge in [-0.25, -0.2) is 0 Å². The molecule has 7 amide bonds. The van der Waals surface area contributed by atoms with E-state index in [0.29, 0.717) is 160 Å². The van der Waals surface area contributed by atoms with Gasteiger partial charge < -0.3 is 98.8 Å². The van der Waals surface area contributed by atoms with Crippen molar-refractivity contribution in [2.45, 2.75) is 153 Å². The summed E-state index contributed by atoms with van der Waals surface area (Å²) in [5.74, 6) is -2.24. The molecule has 0 radical (unpaired) electrons. The number of hydrogen-bond acceptors (Lipinski definition) is 19. The molecule has 0 heterocycles. The molecule has 0 aliphatic heterocycles. The molecule has 26 nitrogen and oxygen atoms in total. The molecule has 0 unspecified atom stereocenters. The summed E-state index contributed by atoms with van der Waals surface area (Å²) < 4.78 is 36.3. The van der Waals surface area contributed by atoms with Crippen LogP contribution in [0.15, 0.2) is 36.4 Å². The van der Waals surface area contributed by atoms with Crippen LogP contribution in [-0.2, 0) is 4.79 Å². The SMILES string of the molecule is COc1cc(OCC(N)=O)c(C(=O)NC2CCC(NC(=O)c3cc(C(=O)NCCN(C)C)c(OCCCCCN)cc3OCCCCCN)CC2)cc1C(=O)NC1CCC(NC(=O)c2cc(C(=O)NCCN(C)C)c(OCCCCCN)cc2OCCCCCN)CC1. The molecule has 2 fully saturated rings. The number of benzene rings is 3. The lowest BCUT2D eigenvalue weighted by Crippen LogP contribution is -2.44. The van der Waals surface area contributed by atoms with Crippen LogP contribution in [0.2, 0.25) is 0 Å². The van der Waals surface area contributed by atoms with Crippen LogP contribution in [0.4, 0.5) is 0 Å². The predicted octanol–water partition coefficient (Wildman–Crippen LogP) is 4.12. The average molecular weight is 1300 g/mol. The standard InChI is InChI=1S/C67H107N13O13/c1-79(2)32-30-73-62(82)50-39-52(58(91-36-16-8-12-28-70)42-56(50)89-34-14-6-10-26-68)65(85)76-46-20-18-45(19-21-46)75-64(84)49-38-54(60(41-55(49)88-5)93-44-61(72)81)67(87)78-48-24-22-47(23-25-48)77-66(86)53-40-51(63(83)74-31-33-80(3)4)57(90-35-15-7-11-27-69)43-59(53)92-37-17-9-13-29-71/h38-43,45-48H,6-37,44,68-71H2,1-5H3,(H2,72,81)(H,73,82)(H,74,83)(H,75,84)(H,76,85)(H,77,86)(H,78,87). The van der Waals surface area contributed by atoms with E-state index < -0.39 is 36.1 Å². The van der Waals surface area contributed by atoms with Crippen molar-refractivity contribution >= 4 is 41.4 Å². The number of unbranched alkanes of at least 4 members (excludes halogenated alkanes) is 8. The molecule has 3 aromatic carbocycles. The molecule has 93 heavy (non-hydrogen) atoms. The topological polar surface area (TPSA) is 384 Å². The fourth-order valence-corrected chi connectivity index (χ4v) is 10.9. The Morgan fingerprint density at radius 3 is 0.892 bits per heavy atom. The van der Waals surface area contributed by atoms with Gasteiger partial charge in [-0.05, 0) is 201 Å². The number of nitrogens with zero attached hydrogens (tertiary/aromatic N) is 2. The Balaban J connectivity index is 1.27. The fourth-order valence-electron chi connectivity index (χ4n) is 10.9. The highest BCUT2D eigenvalue weighted by molar-refractivity contribution is 6.05. The second-order valence-corrected chi connectivity index (χ2v) is 24.4. The van der Waals surface area contributed by atoms with Crippen molar-refractivity contribution in [2.75, 3.05) is 121 Å². The Hall–Kier alpha value is -7.49. The number of carbonyl (C=O) groups excluding carboxylic acids is 7. The molecule has 0 atom stereocenters. The highest BCUT2D eigenvalue weighted by atomic mass is 16.5. The maximum atomic E-state index is 14.3. The van der Waals surface area contributed by atoms with E-state index in [1.807, 2.05) is 38.0 Å². The third-order valence-corrected chi connectivity index (χ3v) is 16.2. The zero-order valence-electron chi connectivity index (χ0n) is 55.7. The molecular weight excluding hydrogens is 1190 g/mol. The van der Waals surface area contributed by atoms with E-state index in [-0.39, 0.29) is 86.6 Å². The van der Waals surface area contributed by atoms with Crippen LogP contribution in [-0.4, -0.2) is 196 Å². The summed E-state index contributed by atoms with van der Waals surface area (Å²) in [6.45, 7) is 4.96. The van der Waals surface area contributed by atoms with Crippen LogP contribution in [0, 0.1) is 0 Å². The highest BCUT2D eigenvalue weighted by Crippen LogP contribution is 2.35. The average Bonchev–Trinajstić information content (AvgIpc) is 1.29. The zero-order valence-corrected chi connectivity index (χ0v) is 55.7. The predicted molar refractivity (Wildman–Crippen MR) is 358 cm³/mol. The van der Waals surface area contributed by atoms with E-state index in [4.69, 9.17) is 57.1 Å². The van der Waals surface area contributed by atoms with Crippen molar-refractivity contribution in [3.05, 3.63) is 69.8 Å². The quantitative estimate of drug-likeness (QED) is 0.0355. The van der Waals surface area contributed by atoms with Crippen LogP contribution in [0.1, 0.15) is 191 Å². The second-order valence-electron chi connectivity index (χ2n) is 24.4. The first-order valence-corrected chi connectivity index (χ1v) is 33.3. The minimum atomic E-state index is -0.785. The molecule has 518 valence electrons. The van der Waals surface area contributed by atoms with Gasteiger partial charge in [0.15, 0.2) is 6.61 Å². The van der Waals surface area contributed by atoms with E-state index in [1.54, 1.807) is 12.1 Å². The number of carbonyl (C=O) groups is 7. The van der Waals surface area contributed by atoms with Crippen molar-refractivity contribution in [3.63, 3.8) is 0 Å². The maximum Gasteiger partial charge on any atom is 0.255 e. The van der Waals surface area contributed by atoms with Crippen molar-refractivity contribution < 1.29 is 62.0 Å². The Labute approximate surface area is 549 Å². The Morgan fingerprint density at radius 2 is 0.634 bits per heavy atom. The third kappa shape index (κ3) is 26.4. The summed E-state index contributed by atoms with van der Waals surface area (Å²) in [4.78, 5) is 101. The number of nitrogens with one attached hydrogen (secondary N) is 6. The van der Waals surface area contributed by atoms with Gasteiger partial charge in [-0.15, -0.1) is 0 Å². The zero-order chi connectivity index (χ0) is 67.5. The fraction of sp³-hybridized carbons (Fsp3) is 0.627. The monoisotopic (exact) mass is 1300 g/mol. The van der Waals surface area contributed by atoms with Crippen LogP contribution in [0.25, 0.3) is 0 Å². The molecule has 0 aromatic heterocycles. The van der Waals surface area contributed by atoms with E-state index >= 15 is 0 Å². The highest BCUT2D eigenvalue weighted by Gasteiger charge is 2.32. The van der Waals surface area contributed by atoms with Crippen molar-refractivity contribution in [1.29, 1.82) is 0 Å². The van der Waals surface area contributed by atoms with Crippen LogP contribution in [0.3, 0.4) is 0 Å². The lowest BCUT2D eigenvalue weighted by Gasteiger charge is -2.30. The lowest BCUT2D eigenvalue weighted by atomic mass is 9.90. The first-order valence-electron chi connectivity index (χ1n) is 33.3. The summed E-state index contributed by atoms with van der Waals surface area (Å²) in [5, 5.41) is 18.4. The van der Waals surface area contributed by atoms with Gasteiger partial charge in [0.25, 0.3) is 41.4 Å². The minimum absolute atomic E-state index is 0.0270. The number of nitrogens with two attached hydrogens (primary N) is 5. The minimum Gasteiger partial charge on any atom is -0.496 e. The largest absolute Gasteiger partial charge is 0.496 e. The molecule has 16 N–H and O–H groups in total. The lowest BCUT2D eigenvalue weighted by molar-refractivity contribution is -0.120. The number of amides is 7. The molecule has 0 saturated heterocycles. The van der Waals surface area contributed by atoms with E-state index in [9.17, 15) is 33.6 Å². The van der Waals surface area contributed by atoms with Crippen LogP contribution in [0.5, 0.6) is 34.5 Å². The summed E-state index contributed by atoms with van der Waals surface area (Å²) >= 11 is 0. The van der Waals surface area contributed by atoms with Gasteiger partial charge >= 0.3 is 0 Å². The molecule has 0 bridgehead atoms. The number of hydrogen-bond donors (Lipinski definition) is 11. The van der Waals surface area contributed by atoms with Gasteiger partial charge in [-0.3, -0.25) is 33.6 Å². The Bertz CT molecular complexity index is 2840. The van der Waals surface area contributed by atoms with E-state index in [2.05, 4.69) is 31.9 Å². The van der Waals surface area contributed by atoms with E-state index in [1.165, 1.54) is 31.4 Å². The van der Waals surface area contributed by atoms with Gasteiger partial charge in [0.05, 0.1) is 66.9 Å². The number of ether oxygens (including phenoxy) is 6. The number of primary amides is 1. The number of methoxy groups -OCH3 is 1. The van der Waals surface area contributed by atoms with Crippen LogP contribution >= 0.6 is 0 Å². The maximum absolute atomic E-state index is 14.3. The molecule has 3 aromatic rings. The number of rotatable bonds is 44. The molecule has 2 saturated carbocycles. The molecule has 0 spiro atoms. The third-order valence-electron chi connectivity index (χ3n) is 16.2. The van der Waals surface area contributed by atoms with Gasteiger partial charge in [0.2, 0.25) is 0 Å². The molecule has 2 aliphatic carbocycles. The van der Waals surface area contributed by atoms with Crippen LogP contribution < -0.4 is 89.0 Å². The first-order chi connectivity index (χ1) is 44.9. The molecule has 26 heteroatoms. The smallest absolute Gasteiger partial charge is 0.255 e. The Kier molecular flexibility index (Phi) is 34.4. The molecule has 5 rings (SSSR count). The second kappa shape index (κ2) is 42.0. The van der Waals surface area contributed by atoms with Crippen molar-refractivity contribution in [1.82, 2.24) is 41.7 Å². The normalized spacial score (nSPS) is 16.2. The van der Waals surface area contributed by atoms with Crippen molar-refractivity contribution in [3.8, 4) is 34.5 Å². The molecule has 2 aliphatic rings. The first kappa shape index (κ1) is 76.2. The van der Waals surface area contributed by atoms with Gasteiger partial charge in [0, 0.05) is 68.5 Å². The van der Waals surface area contributed by atoms with Gasteiger partial charge in [-0.2, -0.15) is 0 Å². The molecular formula is C67H107N13O13.